The summed E-state index contributed by atoms with van der Waals surface area (Å²) in [7, 11) is 0. The molecule has 0 fully saturated rings. The van der Waals surface area contributed by atoms with Gasteiger partial charge in [-0.25, -0.2) is 0 Å². The van der Waals surface area contributed by atoms with Crippen molar-refractivity contribution >= 4 is 23.3 Å². The number of carbonyl (C=O) groups is 1. The fraction of sp³-hybridized carbons (Fsp3) is 0.250. The molecular weight excluding hydrogens is 346 g/mol. The van der Waals surface area contributed by atoms with Crippen molar-refractivity contribution < 1.29 is 9.32 Å². The van der Waals surface area contributed by atoms with Crippen LogP contribution in [0.4, 0.5) is 0 Å². The Balaban J connectivity index is 1.55. The summed E-state index contributed by atoms with van der Waals surface area (Å²) in [5, 5.41) is 6.65. The van der Waals surface area contributed by atoms with E-state index in [1.165, 1.54) is 16.5 Å². The monoisotopic (exact) mass is 367 g/mol. The van der Waals surface area contributed by atoms with E-state index in [0.717, 1.165) is 4.88 Å². The van der Waals surface area contributed by atoms with Crippen molar-refractivity contribution in [2.75, 3.05) is 0 Å². The van der Waals surface area contributed by atoms with Crippen molar-refractivity contribution in [2.45, 2.75) is 32.7 Å². The number of carbonyl (C=O) groups excluding carboxylic acids is 1. The lowest BCUT2D eigenvalue weighted by Crippen LogP contribution is -2.21. The molecule has 1 aromatic carbocycles. The van der Waals surface area contributed by atoms with Gasteiger partial charge in [-0.2, -0.15) is 4.98 Å². The van der Waals surface area contributed by atoms with E-state index in [-0.39, 0.29) is 17.9 Å². The van der Waals surface area contributed by atoms with Crippen molar-refractivity contribution in [1.82, 2.24) is 15.5 Å². The molecular formula is C20H21N3O2S. The van der Waals surface area contributed by atoms with Gasteiger partial charge < -0.3 is 9.84 Å². The SMILES string of the molecule is CC(C)(C)c1nc(CNC(=O)C=Cc2ccc(-c3ccccc3)s2)no1. The number of hydrogen-bond acceptors (Lipinski definition) is 5. The van der Waals surface area contributed by atoms with E-state index in [1.807, 2.05) is 51.1 Å². The minimum absolute atomic E-state index is 0.193. The summed E-state index contributed by atoms with van der Waals surface area (Å²) in [6.45, 7) is 6.23. The van der Waals surface area contributed by atoms with Gasteiger partial charge in [0.15, 0.2) is 5.82 Å². The highest BCUT2D eigenvalue weighted by molar-refractivity contribution is 7.16. The summed E-state index contributed by atoms with van der Waals surface area (Å²) in [5.41, 5.74) is 0.971. The molecule has 0 aliphatic carbocycles. The maximum atomic E-state index is 12.0. The third-order valence-electron chi connectivity index (χ3n) is 3.61. The van der Waals surface area contributed by atoms with Crippen molar-refractivity contribution in [2.24, 2.45) is 0 Å². The van der Waals surface area contributed by atoms with Gasteiger partial charge in [-0.15, -0.1) is 11.3 Å². The molecule has 3 aromatic rings. The molecule has 26 heavy (non-hydrogen) atoms. The molecule has 1 amide bonds. The molecule has 5 nitrogen and oxygen atoms in total. The fourth-order valence-corrected chi connectivity index (χ4v) is 3.13. The highest BCUT2D eigenvalue weighted by atomic mass is 32.1. The highest BCUT2D eigenvalue weighted by Crippen LogP contribution is 2.28. The Morgan fingerprint density at radius 2 is 1.96 bits per heavy atom. The van der Waals surface area contributed by atoms with Gasteiger partial charge >= 0.3 is 0 Å². The van der Waals surface area contributed by atoms with E-state index in [4.69, 9.17) is 4.52 Å². The number of amides is 1. The molecule has 0 unspecified atom stereocenters. The lowest BCUT2D eigenvalue weighted by molar-refractivity contribution is -0.116. The normalized spacial score (nSPS) is 11.8. The Labute approximate surface area is 156 Å². The molecule has 0 spiro atoms. The van der Waals surface area contributed by atoms with Gasteiger partial charge in [0, 0.05) is 21.2 Å². The molecule has 0 radical (unpaired) electrons. The van der Waals surface area contributed by atoms with Crippen molar-refractivity contribution in [3.05, 3.63) is 65.1 Å². The van der Waals surface area contributed by atoms with Crippen LogP contribution in [-0.4, -0.2) is 16.0 Å². The Morgan fingerprint density at radius 1 is 1.19 bits per heavy atom. The maximum absolute atomic E-state index is 12.0. The molecule has 0 aliphatic heterocycles. The second kappa shape index (κ2) is 7.66. The zero-order valence-corrected chi connectivity index (χ0v) is 15.8. The molecule has 0 bridgehead atoms. The molecule has 2 heterocycles. The van der Waals surface area contributed by atoms with Gasteiger partial charge in [-0.05, 0) is 23.8 Å². The second-order valence-electron chi connectivity index (χ2n) is 6.88. The van der Waals surface area contributed by atoms with Crippen molar-refractivity contribution in [3.63, 3.8) is 0 Å². The predicted molar refractivity (Wildman–Crippen MR) is 104 cm³/mol. The van der Waals surface area contributed by atoms with Crippen LogP contribution in [0.15, 0.2) is 53.1 Å². The lowest BCUT2D eigenvalue weighted by Gasteiger charge is -2.10. The van der Waals surface area contributed by atoms with Crippen LogP contribution < -0.4 is 5.32 Å². The smallest absolute Gasteiger partial charge is 0.244 e. The number of aromatic nitrogens is 2. The summed E-state index contributed by atoms with van der Waals surface area (Å²) in [5.74, 6) is 0.838. The van der Waals surface area contributed by atoms with Crippen LogP contribution in [0.2, 0.25) is 0 Å². The zero-order chi connectivity index (χ0) is 18.6. The topological polar surface area (TPSA) is 68.0 Å². The Kier molecular flexibility index (Phi) is 5.32. The van der Waals surface area contributed by atoms with Crippen LogP contribution in [0.5, 0.6) is 0 Å². The van der Waals surface area contributed by atoms with E-state index in [0.29, 0.717) is 11.7 Å². The first-order valence-corrected chi connectivity index (χ1v) is 9.18. The molecule has 0 saturated carbocycles. The van der Waals surface area contributed by atoms with Gasteiger partial charge in [0.25, 0.3) is 0 Å². The molecule has 3 rings (SSSR count). The van der Waals surface area contributed by atoms with Gasteiger partial charge in [-0.3, -0.25) is 4.79 Å². The lowest BCUT2D eigenvalue weighted by atomic mass is 9.97. The van der Waals surface area contributed by atoms with Crippen molar-refractivity contribution in [3.8, 4) is 10.4 Å². The number of benzene rings is 1. The summed E-state index contributed by atoms with van der Waals surface area (Å²) in [4.78, 5) is 18.5. The molecule has 1 N–H and O–H groups in total. The standard InChI is InChI=1S/C20H21N3O2S/c1-20(2,3)19-22-17(23-25-19)13-21-18(24)12-10-15-9-11-16(26-15)14-7-5-4-6-8-14/h4-12H,13H2,1-3H3,(H,21,24). The maximum Gasteiger partial charge on any atom is 0.244 e. The molecule has 6 heteroatoms. The predicted octanol–water partition coefficient (Wildman–Crippen LogP) is 4.43. The Bertz CT molecular complexity index is 905. The Hall–Kier alpha value is -2.73. The molecule has 2 aromatic heterocycles. The third-order valence-corrected chi connectivity index (χ3v) is 4.71. The van der Waals surface area contributed by atoms with Gasteiger partial charge in [0.2, 0.25) is 11.8 Å². The number of rotatable bonds is 5. The van der Waals surface area contributed by atoms with E-state index < -0.39 is 0 Å². The summed E-state index contributed by atoms with van der Waals surface area (Å²) in [6.07, 6.45) is 3.33. The minimum atomic E-state index is -0.204. The van der Waals surface area contributed by atoms with E-state index in [9.17, 15) is 4.79 Å². The molecule has 0 saturated heterocycles. The highest BCUT2D eigenvalue weighted by Gasteiger charge is 2.21. The van der Waals surface area contributed by atoms with Crippen LogP contribution >= 0.6 is 11.3 Å². The molecule has 134 valence electrons. The summed E-state index contributed by atoms with van der Waals surface area (Å²) >= 11 is 1.64. The number of hydrogen-bond donors (Lipinski definition) is 1. The van der Waals surface area contributed by atoms with Gasteiger partial charge in [0.05, 0.1) is 6.54 Å². The van der Waals surface area contributed by atoms with Crippen LogP contribution in [0.1, 0.15) is 37.4 Å². The number of thiophene rings is 1. The first kappa shape index (κ1) is 18.1. The van der Waals surface area contributed by atoms with Crippen LogP contribution in [0.25, 0.3) is 16.5 Å². The zero-order valence-electron chi connectivity index (χ0n) is 15.0. The first-order chi connectivity index (χ1) is 12.4. The average molecular weight is 367 g/mol. The minimum Gasteiger partial charge on any atom is -0.345 e. The van der Waals surface area contributed by atoms with Gasteiger partial charge in [0.1, 0.15) is 0 Å². The quantitative estimate of drug-likeness (QED) is 0.678. The third kappa shape index (κ3) is 4.67. The van der Waals surface area contributed by atoms with E-state index >= 15 is 0 Å². The van der Waals surface area contributed by atoms with Crippen LogP contribution in [0.3, 0.4) is 0 Å². The first-order valence-electron chi connectivity index (χ1n) is 8.36. The van der Waals surface area contributed by atoms with E-state index in [2.05, 4.69) is 33.7 Å². The summed E-state index contributed by atoms with van der Waals surface area (Å²) in [6, 6.07) is 14.2. The van der Waals surface area contributed by atoms with Crippen molar-refractivity contribution in [1.29, 1.82) is 0 Å². The van der Waals surface area contributed by atoms with E-state index in [1.54, 1.807) is 11.3 Å². The fourth-order valence-electron chi connectivity index (χ4n) is 2.21. The largest absolute Gasteiger partial charge is 0.345 e. The average Bonchev–Trinajstić information content (AvgIpc) is 3.28. The second-order valence-corrected chi connectivity index (χ2v) is 8.00. The molecule has 0 atom stereocenters. The van der Waals surface area contributed by atoms with Gasteiger partial charge in [-0.1, -0.05) is 56.3 Å². The Morgan fingerprint density at radius 3 is 2.65 bits per heavy atom. The van der Waals surface area contributed by atoms with Crippen LogP contribution in [0, 0.1) is 0 Å². The summed E-state index contributed by atoms with van der Waals surface area (Å²) < 4.78 is 5.21. The molecule has 0 aliphatic rings. The van der Waals surface area contributed by atoms with Crippen LogP contribution in [-0.2, 0) is 16.8 Å². The number of nitrogens with one attached hydrogen (secondary N) is 1. The number of nitrogens with zero attached hydrogens (tertiary/aromatic N) is 2.